The van der Waals surface area contributed by atoms with Crippen LogP contribution in [0.1, 0.15) is 0 Å². The number of nitrogens with two attached hydrogens (primary N) is 1. The molecule has 0 aliphatic heterocycles. The smallest absolute Gasteiger partial charge is 0.145 e. The molecule has 2 N–H and O–H groups in total. The van der Waals surface area contributed by atoms with Crippen LogP contribution in [0.3, 0.4) is 0 Å². The van der Waals surface area contributed by atoms with Gasteiger partial charge in [0.05, 0.1) is 11.0 Å². The van der Waals surface area contributed by atoms with E-state index in [1.165, 1.54) is 0 Å². The Morgan fingerprint density at radius 3 is 2.26 bits per heavy atom. The summed E-state index contributed by atoms with van der Waals surface area (Å²) >= 11 is 6.01. The number of hydrogen-bond donors (Lipinski definition) is 1. The molecule has 3 aromatic carbocycles. The van der Waals surface area contributed by atoms with Crippen LogP contribution in [0.4, 0.5) is 5.69 Å². The second-order valence-electron chi connectivity index (χ2n) is 5.36. The van der Waals surface area contributed by atoms with Crippen LogP contribution in [0.5, 0.6) is 0 Å². The number of nitrogen functional groups attached to an aromatic ring is 1. The van der Waals surface area contributed by atoms with Crippen LogP contribution in [-0.4, -0.2) is 9.55 Å². The maximum atomic E-state index is 6.01. The van der Waals surface area contributed by atoms with Crippen molar-refractivity contribution in [1.82, 2.24) is 9.55 Å². The normalized spacial score (nSPS) is 11.0. The van der Waals surface area contributed by atoms with Gasteiger partial charge in [0.1, 0.15) is 5.82 Å². The van der Waals surface area contributed by atoms with Crippen molar-refractivity contribution in [3.63, 3.8) is 0 Å². The molecule has 4 rings (SSSR count). The lowest BCUT2D eigenvalue weighted by Crippen LogP contribution is -1.98. The molecule has 0 aliphatic rings. The first kappa shape index (κ1) is 13.9. The Hall–Kier alpha value is -2.78. The molecule has 0 aliphatic carbocycles. The van der Waals surface area contributed by atoms with Gasteiger partial charge < -0.3 is 5.73 Å². The molecule has 0 fully saturated rings. The van der Waals surface area contributed by atoms with Gasteiger partial charge in [-0.05, 0) is 60.7 Å². The molecule has 0 saturated heterocycles. The van der Waals surface area contributed by atoms with Crippen molar-refractivity contribution in [3.05, 3.63) is 77.8 Å². The van der Waals surface area contributed by atoms with E-state index in [2.05, 4.69) is 10.6 Å². The number of imidazole rings is 1. The van der Waals surface area contributed by atoms with Crippen LogP contribution in [-0.2, 0) is 0 Å². The van der Waals surface area contributed by atoms with Gasteiger partial charge in [0.2, 0.25) is 0 Å². The number of hydrogen-bond acceptors (Lipinski definition) is 2. The highest BCUT2D eigenvalue weighted by Crippen LogP contribution is 2.29. The molecule has 112 valence electrons. The zero-order chi connectivity index (χ0) is 15.8. The maximum Gasteiger partial charge on any atom is 0.145 e. The van der Waals surface area contributed by atoms with Gasteiger partial charge in [-0.2, -0.15) is 0 Å². The van der Waals surface area contributed by atoms with Gasteiger partial charge in [0, 0.05) is 22.0 Å². The third kappa shape index (κ3) is 2.45. The lowest BCUT2D eigenvalue weighted by molar-refractivity contribution is 1.10. The van der Waals surface area contributed by atoms with Crippen molar-refractivity contribution < 1.29 is 0 Å². The molecule has 0 amide bonds. The maximum absolute atomic E-state index is 6.01. The molecule has 0 spiro atoms. The topological polar surface area (TPSA) is 43.8 Å². The van der Waals surface area contributed by atoms with Gasteiger partial charge in [0.15, 0.2) is 0 Å². The van der Waals surface area contributed by atoms with Crippen LogP contribution in [0.25, 0.3) is 28.1 Å². The minimum absolute atomic E-state index is 0.712. The second kappa shape index (κ2) is 5.45. The summed E-state index contributed by atoms with van der Waals surface area (Å²) in [5.74, 6) is 0.882. The molecule has 3 nitrogen and oxygen atoms in total. The number of para-hydroxylation sites is 2. The highest BCUT2D eigenvalue weighted by Gasteiger charge is 2.13. The van der Waals surface area contributed by atoms with Crippen LogP contribution < -0.4 is 5.73 Å². The van der Waals surface area contributed by atoms with E-state index in [-0.39, 0.29) is 0 Å². The summed E-state index contributed by atoms with van der Waals surface area (Å²) in [6.07, 6.45) is 0. The Morgan fingerprint density at radius 2 is 1.52 bits per heavy atom. The molecule has 0 saturated carbocycles. The fourth-order valence-corrected chi connectivity index (χ4v) is 2.83. The van der Waals surface area contributed by atoms with Crippen molar-refractivity contribution in [3.8, 4) is 17.1 Å². The van der Waals surface area contributed by atoms with Crippen LogP contribution >= 0.6 is 11.6 Å². The predicted molar refractivity (Wildman–Crippen MR) is 95.9 cm³/mol. The summed E-state index contributed by atoms with van der Waals surface area (Å²) in [5, 5.41) is 0.712. The van der Waals surface area contributed by atoms with Gasteiger partial charge >= 0.3 is 0 Å². The SMILES string of the molecule is Nc1ccc(-n2c(-c3ccc(Cl)cc3)nc3ccccc32)cc1. The number of aromatic nitrogens is 2. The van der Waals surface area contributed by atoms with Crippen molar-refractivity contribution >= 4 is 28.3 Å². The quantitative estimate of drug-likeness (QED) is 0.532. The molecule has 23 heavy (non-hydrogen) atoms. The van der Waals surface area contributed by atoms with Gasteiger partial charge in [0.25, 0.3) is 0 Å². The van der Waals surface area contributed by atoms with Gasteiger partial charge in [-0.3, -0.25) is 4.57 Å². The zero-order valence-corrected chi connectivity index (χ0v) is 13.0. The molecule has 1 aromatic heterocycles. The first-order chi connectivity index (χ1) is 11.2. The van der Waals surface area contributed by atoms with E-state index in [9.17, 15) is 0 Å². The monoisotopic (exact) mass is 319 g/mol. The van der Waals surface area contributed by atoms with Crippen molar-refractivity contribution in [2.75, 3.05) is 5.73 Å². The third-order valence-electron chi connectivity index (χ3n) is 3.81. The van der Waals surface area contributed by atoms with Crippen LogP contribution in [0.15, 0.2) is 72.8 Å². The van der Waals surface area contributed by atoms with Crippen LogP contribution in [0.2, 0.25) is 5.02 Å². The molecular weight excluding hydrogens is 306 g/mol. The summed E-state index contributed by atoms with van der Waals surface area (Å²) in [4.78, 5) is 4.80. The number of benzene rings is 3. The minimum Gasteiger partial charge on any atom is -0.399 e. The van der Waals surface area contributed by atoms with E-state index in [1.807, 2.05) is 66.7 Å². The van der Waals surface area contributed by atoms with Crippen LogP contribution in [0, 0.1) is 0 Å². The lowest BCUT2D eigenvalue weighted by Gasteiger charge is -2.10. The average Bonchev–Trinajstić information content (AvgIpc) is 2.96. The molecule has 4 heteroatoms. The van der Waals surface area contributed by atoms with Gasteiger partial charge in [-0.25, -0.2) is 4.98 Å². The van der Waals surface area contributed by atoms with Crippen molar-refractivity contribution in [1.29, 1.82) is 0 Å². The highest BCUT2D eigenvalue weighted by molar-refractivity contribution is 6.30. The summed E-state index contributed by atoms with van der Waals surface area (Å²) in [5.41, 5.74) is 10.6. The summed E-state index contributed by atoms with van der Waals surface area (Å²) < 4.78 is 2.14. The lowest BCUT2D eigenvalue weighted by atomic mass is 10.2. The second-order valence-corrected chi connectivity index (χ2v) is 5.79. The third-order valence-corrected chi connectivity index (χ3v) is 4.07. The molecule has 0 radical (unpaired) electrons. The van der Waals surface area contributed by atoms with Gasteiger partial charge in [-0.15, -0.1) is 0 Å². The fourth-order valence-electron chi connectivity index (χ4n) is 2.70. The van der Waals surface area contributed by atoms with E-state index < -0.39 is 0 Å². The van der Waals surface area contributed by atoms with E-state index in [0.717, 1.165) is 33.8 Å². The molecule has 0 atom stereocenters. The number of halogens is 1. The first-order valence-corrected chi connectivity index (χ1v) is 7.69. The Labute approximate surface area is 139 Å². The molecule has 4 aromatic rings. The van der Waals surface area contributed by atoms with Crippen molar-refractivity contribution in [2.24, 2.45) is 0 Å². The fraction of sp³-hybridized carbons (Fsp3) is 0. The Bertz CT molecular complexity index is 970. The van der Waals surface area contributed by atoms with Gasteiger partial charge in [-0.1, -0.05) is 23.7 Å². The minimum atomic E-state index is 0.712. The molecule has 0 bridgehead atoms. The molecular formula is C19H14ClN3. The Kier molecular flexibility index (Phi) is 3.28. The summed E-state index contributed by atoms with van der Waals surface area (Å²) in [7, 11) is 0. The van der Waals surface area contributed by atoms with E-state index in [0.29, 0.717) is 5.02 Å². The zero-order valence-electron chi connectivity index (χ0n) is 12.3. The average molecular weight is 320 g/mol. The summed E-state index contributed by atoms with van der Waals surface area (Å²) in [6.45, 7) is 0. The standard InChI is InChI=1S/C19H14ClN3/c20-14-7-5-13(6-8-14)19-22-17-3-1-2-4-18(17)23(19)16-11-9-15(21)10-12-16/h1-12H,21H2. The Morgan fingerprint density at radius 1 is 0.826 bits per heavy atom. The predicted octanol–water partition coefficient (Wildman–Crippen LogP) is 4.93. The van der Waals surface area contributed by atoms with E-state index >= 15 is 0 Å². The Balaban J connectivity index is 2.01. The van der Waals surface area contributed by atoms with E-state index in [4.69, 9.17) is 22.3 Å². The number of nitrogens with zero attached hydrogens (tertiary/aromatic N) is 2. The number of anilines is 1. The van der Waals surface area contributed by atoms with E-state index in [1.54, 1.807) is 0 Å². The first-order valence-electron chi connectivity index (χ1n) is 7.32. The largest absolute Gasteiger partial charge is 0.399 e. The number of fused-ring (bicyclic) bond motifs is 1. The molecule has 0 unspecified atom stereocenters. The highest BCUT2D eigenvalue weighted by atomic mass is 35.5. The molecule has 1 heterocycles. The summed E-state index contributed by atoms with van der Waals surface area (Å²) in [6, 6.07) is 23.6. The van der Waals surface area contributed by atoms with Crippen molar-refractivity contribution in [2.45, 2.75) is 0 Å². The number of rotatable bonds is 2.